The second-order valence-electron chi connectivity index (χ2n) is 8.57. The SMILES string of the molecule is Cn1ccnc1Cc1ccc(SC2=C(C(=O)O)N3C(=O)[C@@H](NC(=O)Cc4ccccc4)[C@@H]3SC2)cc1. The maximum atomic E-state index is 12.9. The Balaban J connectivity index is 1.26. The molecule has 1 aromatic heterocycles. The molecule has 10 heteroatoms. The zero-order valence-electron chi connectivity index (χ0n) is 19.5. The summed E-state index contributed by atoms with van der Waals surface area (Å²) in [5.41, 5.74) is 1.95. The van der Waals surface area contributed by atoms with Gasteiger partial charge in [0.1, 0.15) is 22.9 Å². The number of carboxylic acid groups (broad SMARTS) is 1. The molecule has 0 spiro atoms. The molecule has 0 saturated carbocycles. The van der Waals surface area contributed by atoms with E-state index in [1.165, 1.54) is 28.4 Å². The van der Waals surface area contributed by atoms with E-state index in [4.69, 9.17) is 0 Å². The monoisotopic (exact) mass is 520 g/mol. The number of carbonyl (C=O) groups excluding carboxylic acids is 2. The van der Waals surface area contributed by atoms with Gasteiger partial charge in [0.15, 0.2) is 0 Å². The van der Waals surface area contributed by atoms with Gasteiger partial charge in [-0.3, -0.25) is 14.5 Å². The highest BCUT2D eigenvalue weighted by Gasteiger charge is 2.54. The fraction of sp³-hybridized carbons (Fsp3) is 0.231. The molecule has 0 aliphatic carbocycles. The van der Waals surface area contributed by atoms with Crippen molar-refractivity contribution in [1.29, 1.82) is 0 Å². The van der Waals surface area contributed by atoms with Crippen molar-refractivity contribution in [2.75, 3.05) is 5.75 Å². The first-order valence-electron chi connectivity index (χ1n) is 11.4. The average molecular weight is 521 g/mol. The molecule has 1 saturated heterocycles. The molecule has 8 nitrogen and oxygen atoms in total. The molecule has 2 aliphatic heterocycles. The number of hydrogen-bond acceptors (Lipinski definition) is 6. The van der Waals surface area contributed by atoms with E-state index in [9.17, 15) is 19.5 Å². The molecule has 36 heavy (non-hydrogen) atoms. The van der Waals surface area contributed by atoms with Gasteiger partial charge in [0.25, 0.3) is 5.91 Å². The van der Waals surface area contributed by atoms with Crippen molar-refractivity contribution in [3.8, 4) is 0 Å². The molecule has 1 fully saturated rings. The smallest absolute Gasteiger partial charge is 0.353 e. The van der Waals surface area contributed by atoms with Crippen LogP contribution in [0.1, 0.15) is 17.0 Å². The van der Waals surface area contributed by atoms with Crippen molar-refractivity contribution in [1.82, 2.24) is 19.8 Å². The second-order valence-corrected chi connectivity index (χ2v) is 10.8. The molecule has 3 aromatic rings. The van der Waals surface area contributed by atoms with Gasteiger partial charge < -0.3 is 15.0 Å². The number of thioether (sulfide) groups is 2. The normalized spacial score (nSPS) is 19.0. The number of imidazole rings is 1. The highest BCUT2D eigenvalue weighted by molar-refractivity contribution is 8.06. The number of hydrogen-bond donors (Lipinski definition) is 2. The Morgan fingerprint density at radius 2 is 1.89 bits per heavy atom. The fourth-order valence-electron chi connectivity index (χ4n) is 4.24. The number of carboxylic acids is 1. The number of carbonyl (C=O) groups is 3. The third-order valence-electron chi connectivity index (χ3n) is 6.11. The van der Waals surface area contributed by atoms with Crippen LogP contribution >= 0.6 is 23.5 Å². The van der Waals surface area contributed by atoms with Crippen LogP contribution in [0.5, 0.6) is 0 Å². The average Bonchev–Trinajstić information content (AvgIpc) is 3.28. The minimum absolute atomic E-state index is 0.000560. The molecule has 3 heterocycles. The van der Waals surface area contributed by atoms with Gasteiger partial charge in [0.2, 0.25) is 5.91 Å². The van der Waals surface area contributed by atoms with Gasteiger partial charge in [-0.2, -0.15) is 0 Å². The maximum Gasteiger partial charge on any atom is 0.353 e. The topological polar surface area (TPSA) is 105 Å². The number of benzene rings is 2. The Labute approximate surface area is 216 Å². The number of nitrogens with one attached hydrogen (secondary N) is 1. The first kappa shape index (κ1) is 24.2. The second kappa shape index (κ2) is 10.2. The summed E-state index contributed by atoms with van der Waals surface area (Å²) in [6, 6.07) is 16.5. The molecule has 2 aliphatic rings. The molecule has 0 unspecified atom stereocenters. The van der Waals surface area contributed by atoms with E-state index in [-0.39, 0.29) is 18.0 Å². The molecule has 0 radical (unpaired) electrons. The number of rotatable bonds is 8. The van der Waals surface area contributed by atoms with E-state index in [1.807, 2.05) is 72.4 Å². The molecule has 2 N–H and O–H groups in total. The Morgan fingerprint density at radius 1 is 1.14 bits per heavy atom. The van der Waals surface area contributed by atoms with E-state index in [0.29, 0.717) is 17.1 Å². The molecule has 2 amide bonds. The van der Waals surface area contributed by atoms with Gasteiger partial charge >= 0.3 is 5.97 Å². The zero-order chi connectivity index (χ0) is 25.2. The van der Waals surface area contributed by atoms with Crippen molar-refractivity contribution in [3.63, 3.8) is 0 Å². The van der Waals surface area contributed by atoms with Crippen LogP contribution in [-0.2, 0) is 34.3 Å². The molecular weight excluding hydrogens is 496 g/mol. The lowest BCUT2D eigenvalue weighted by Crippen LogP contribution is -2.70. The number of nitrogens with zero attached hydrogens (tertiary/aromatic N) is 3. The fourth-order valence-corrected chi connectivity index (χ4v) is 6.71. The predicted molar refractivity (Wildman–Crippen MR) is 138 cm³/mol. The first-order chi connectivity index (χ1) is 17.4. The lowest BCUT2D eigenvalue weighted by molar-refractivity contribution is -0.150. The molecule has 0 bridgehead atoms. The lowest BCUT2D eigenvalue weighted by atomic mass is 10.0. The first-order valence-corrected chi connectivity index (χ1v) is 13.2. The number of amides is 2. The summed E-state index contributed by atoms with van der Waals surface area (Å²) in [7, 11) is 1.96. The summed E-state index contributed by atoms with van der Waals surface area (Å²) >= 11 is 2.82. The van der Waals surface area contributed by atoms with E-state index in [2.05, 4.69) is 10.3 Å². The summed E-state index contributed by atoms with van der Waals surface area (Å²) in [6.45, 7) is 0. The predicted octanol–water partition coefficient (Wildman–Crippen LogP) is 3.04. The Kier molecular flexibility index (Phi) is 6.88. The lowest BCUT2D eigenvalue weighted by Gasteiger charge is -2.49. The van der Waals surface area contributed by atoms with E-state index >= 15 is 0 Å². The summed E-state index contributed by atoms with van der Waals surface area (Å²) in [6.07, 6.45) is 4.54. The molecule has 2 atom stereocenters. The van der Waals surface area contributed by atoms with Gasteiger partial charge in [0.05, 0.1) is 6.42 Å². The van der Waals surface area contributed by atoms with Gasteiger partial charge in [-0.25, -0.2) is 9.78 Å². The van der Waals surface area contributed by atoms with Crippen molar-refractivity contribution < 1.29 is 19.5 Å². The molecule has 2 aromatic carbocycles. The minimum atomic E-state index is -1.14. The minimum Gasteiger partial charge on any atom is -0.477 e. The van der Waals surface area contributed by atoms with Crippen molar-refractivity contribution in [2.24, 2.45) is 7.05 Å². The Hall–Kier alpha value is -3.50. The van der Waals surface area contributed by atoms with Crippen LogP contribution in [-0.4, -0.2) is 54.5 Å². The van der Waals surface area contributed by atoms with Crippen LogP contribution in [0.25, 0.3) is 0 Å². The quantitative estimate of drug-likeness (QED) is 0.440. The van der Waals surface area contributed by atoms with Gasteiger partial charge in [-0.15, -0.1) is 11.8 Å². The number of aryl methyl sites for hydroxylation is 1. The van der Waals surface area contributed by atoms with Gasteiger partial charge in [-0.1, -0.05) is 54.2 Å². The van der Waals surface area contributed by atoms with Crippen molar-refractivity contribution in [2.45, 2.75) is 29.2 Å². The van der Waals surface area contributed by atoms with Crippen LogP contribution in [0.3, 0.4) is 0 Å². The van der Waals surface area contributed by atoms with Crippen molar-refractivity contribution >= 4 is 41.3 Å². The summed E-state index contributed by atoms with van der Waals surface area (Å²) in [5, 5.41) is 12.3. The van der Waals surface area contributed by atoms with Crippen LogP contribution in [0.15, 0.2) is 82.5 Å². The molecular formula is C26H24N4O4S2. The van der Waals surface area contributed by atoms with Crippen molar-refractivity contribution in [3.05, 3.63) is 94.5 Å². The Bertz CT molecular complexity index is 1340. The summed E-state index contributed by atoms with van der Waals surface area (Å²) in [5.74, 6) is -0.388. The summed E-state index contributed by atoms with van der Waals surface area (Å²) in [4.78, 5) is 44.7. The van der Waals surface area contributed by atoms with Crippen LogP contribution in [0, 0.1) is 0 Å². The number of aliphatic carboxylic acids is 1. The molecule has 184 valence electrons. The highest BCUT2D eigenvalue weighted by atomic mass is 32.2. The number of β-lactam (4-membered cyclic amide) rings is 1. The summed E-state index contributed by atoms with van der Waals surface area (Å²) < 4.78 is 1.98. The van der Waals surface area contributed by atoms with E-state index in [1.54, 1.807) is 6.20 Å². The maximum absolute atomic E-state index is 12.9. The van der Waals surface area contributed by atoms with E-state index < -0.39 is 23.3 Å². The standard InChI is InChI=1S/C26H24N4O4S2/c1-29-12-11-27-20(29)13-17-7-9-18(10-8-17)36-19-15-35-25-22(24(32)30(25)23(19)26(33)34)28-21(31)14-16-5-3-2-4-6-16/h2-12,22,25H,13-15H2,1H3,(H,28,31)(H,33,34)/t22-,25+/m1/s1. The van der Waals surface area contributed by atoms with Gasteiger partial charge in [0, 0.05) is 41.4 Å². The third-order valence-corrected chi connectivity index (χ3v) is 8.66. The highest BCUT2D eigenvalue weighted by Crippen LogP contribution is 2.45. The van der Waals surface area contributed by atoms with Crippen LogP contribution in [0.2, 0.25) is 0 Å². The zero-order valence-corrected chi connectivity index (χ0v) is 21.1. The largest absolute Gasteiger partial charge is 0.477 e. The number of fused-ring (bicyclic) bond motifs is 1. The molecule has 5 rings (SSSR count). The van der Waals surface area contributed by atoms with Crippen LogP contribution < -0.4 is 5.32 Å². The number of aromatic nitrogens is 2. The van der Waals surface area contributed by atoms with Crippen LogP contribution in [0.4, 0.5) is 0 Å². The Morgan fingerprint density at radius 3 is 2.56 bits per heavy atom. The van der Waals surface area contributed by atoms with E-state index in [0.717, 1.165) is 21.8 Å². The third kappa shape index (κ3) is 4.91. The van der Waals surface area contributed by atoms with Gasteiger partial charge in [-0.05, 0) is 23.3 Å².